The fraction of sp³-hybridized carbons (Fsp3) is 0.857. The van der Waals surface area contributed by atoms with E-state index in [-0.39, 0.29) is 0 Å². The molecule has 1 heterocycles. The SMILES string of the molecule is CCl.NC1(C(=O)O)CCOCC1. The third-order valence-electron chi connectivity index (χ3n) is 1.81. The fourth-order valence-corrected chi connectivity index (χ4v) is 0.950. The monoisotopic (exact) mass is 195 g/mol. The van der Waals surface area contributed by atoms with Crippen LogP contribution in [0.4, 0.5) is 0 Å². The second-order valence-electron chi connectivity index (χ2n) is 2.57. The highest BCUT2D eigenvalue weighted by molar-refractivity contribution is 6.15. The van der Waals surface area contributed by atoms with Gasteiger partial charge in [0, 0.05) is 19.6 Å². The molecule has 72 valence electrons. The second-order valence-corrected chi connectivity index (χ2v) is 2.57. The maximum Gasteiger partial charge on any atom is 0.323 e. The summed E-state index contributed by atoms with van der Waals surface area (Å²) in [5.74, 6) is -0.921. The lowest BCUT2D eigenvalue weighted by Gasteiger charge is -2.28. The van der Waals surface area contributed by atoms with Crippen LogP contribution in [-0.4, -0.2) is 36.2 Å². The van der Waals surface area contributed by atoms with Crippen molar-refractivity contribution in [1.29, 1.82) is 0 Å². The molecule has 4 nitrogen and oxygen atoms in total. The van der Waals surface area contributed by atoms with Crippen molar-refractivity contribution >= 4 is 17.6 Å². The van der Waals surface area contributed by atoms with Crippen LogP contribution >= 0.6 is 11.6 Å². The molecule has 0 aliphatic carbocycles. The van der Waals surface area contributed by atoms with Gasteiger partial charge in [0.05, 0.1) is 0 Å². The van der Waals surface area contributed by atoms with Gasteiger partial charge in [-0.25, -0.2) is 0 Å². The number of halogens is 1. The maximum atomic E-state index is 10.5. The van der Waals surface area contributed by atoms with Crippen LogP contribution in [0, 0.1) is 0 Å². The van der Waals surface area contributed by atoms with Gasteiger partial charge in [0.25, 0.3) is 0 Å². The van der Waals surface area contributed by atoms with E-state index >= 15 is 0 Å². The van der Waals surface area contributed by atoms with Crippen LogP contribution in [0.5, 0.6) is 0 Å². The number of ether oxygens (including phenoxy) is 1. The van der Waals surface area contributed by atoms with Crippen LogP contribution < -0.4 is 5.73 Å². The van der Waals surface area contributed by atoms with E-state index in [0.717, 1.165) is 0 Å². The van der Waals surface area contributed by atoms with Crippen LogP contribution in [0.15, 0.2) is 0 Å². The highest BCUT2D eigenvalue weighted by Gasteiger charge is 2.35. The van der Waals surface area contributed by atoms with Gasteiger partial charge in [0.1, 0.15) is 5.54 Å². The van der Waals surface area contributed by atoms with Gasteiger partial charge in [-0.15, -0.1) is 11.6 Å². The predicted octanol–water partition coefficient (Wildman–Crippen LogP) is 0.434. The molecule has 0 aromatic heterocycles. The topological polar surface area (TPSA) is 72.6 Å². The summed E-state index contributed by atoms with van der Waals surface area (Å²) in [4.78, 5) is 10.5. The number of hydrogen-bond acceptors (Lipinski definition) is 3. The van der Waals surface area contributed by atoms with Crippen LogP contribution in [0.25, 0.3) is 0 Å². The Hall–Kier alpha value is -0.320. The van der Waals surface area contributed by atoms with Crippen molar-refractivity contribution < 1.29 is 14.6 Å². The van der Waals surface area contributed by atoms with Crippen molar-refractivity contribution in [1.82, 2.24) is 0 Å². The van der Waals surface area contributed by atoms with E-state index < -0.39 is 11.5 Å². The van der Waals surface area contributed by atoms with Gasteiger partial charge in [0.2, 0.25) is 0 Å². The molecule has 0 radical (unpaired) electrons. The molecule has 0 spiro atoms. The molecule has 0 aromatic carbocycles. The number of carboxylic acids is 1. The molecule has 5 heteroatoms. The van der Waals surface area contributed by atoms with Gasteiger partial charge in [-0.05, 0) is 12.8 Å². The Morgan fingerprint density at radius 3 is 2.17 bits per heavy atom. The highest BCUT2D eigenvalue weighted by Crippen LogP contribution is 2.17. The quantitative estimate of drug-likeness (QED) is 0.596. The molecule has 0 aromatic rings. The molecule has 1 saturated heterocycles. The molecular formula is C7H14ClNO3. The van der Waals surface area contributed by atoms with Crippen LogP contribution in [0.1, 0.15) is 12.8 Å². The minimum absolute atomic E-state index is 0.419. The zero-order chi connectivity index (χ0) is 9.61. The molecular weight excluding hydrogens is 182 g/mol. The van der Waals surface area contributed by atoms with Gasteiger partial charge in [0.15, 0.2) is 0 Å². The zero-order valence-corrected chi connectivity index (χ0v) is 7.80. The number of alkyl halides is 1. The minimum Gasteiger partial charge on any atom is -0.480 e. The Morgan fingerprint density at radius 2 is 1.92 bits per heavy atom. The van der Waals surface area contributed by atoms with Gasteiger partial charge < -0.3 is 15.6 Å². The lowest BCUT2D eigenvalue weighted by molar-refractivity contribution is -0.146. The first-order chi connectivity index (χ1) is 5.65. The average Bonchev–Trinajstić information content (AvgIpc) is 2.09. The van der Waals surface area contributed by atoms with Crippen molar-refractivity contribution in [3.8, 4) is 0 Å². The zero-order valence-electron chi connectivity index (χ0n) is 7.05. The second kappa shape index (κ2) is 5.35. The molecule has 0 saturated carbocycles. The Balaban J connectivity index is 0.000000561. The summed E-state index contributed by atoms with van der Waals surface area (Å²) < 4.78 is 4.97. The molecule has 0 atom stereocenters. The molecule has 0 unspecified atom stereocenters. The van der Waals surface area contributed by atoms with E-state index in [9.17, 15) is 4.79 Å². The van der Waals surface area contributed by atoms with Crippen molar-refractivity contribution in [3.05, 3.63) is 0 Å². The molecule has 1 fully saturated rings. The summed E-state index contributed by atoms with van der Waals surface area (Å²) in [5.41, 5.74) is 4.49. The van der Waals surface area contributed by atoms with Gasteiger partial charge >= 0.3 is 5.97 Å². The summed E-state index contributed by atoms with van der Waals surface area (Å²) >= 11 is 4.64. The van der Waals surface area contributed by atoms with Crippen LogP contribution in [-0.2, 0) is 9.53 Å². The van der Waals surface area contributed by atoms with Crippen LogP contribution in [0.2, 0.25) is 0 Å². The summed E-state index contributed by atoms with van der Waals surface area (Å²) in [6.45, 7) is 0.922. The van der Waals surface area contributed by atoms with Crippen LogP contribution in [0.3, 0.4) is 0 Å². The standard InChI is InChI=1S/C6H11NO3.CH3Cl/c7-6(5(8)9)1-3-10-4-2-6;1-2/h1-4,7H2,(H,8,9);1H3. The lowest BCUT2D eigenvalue weighted by atomic mass is 9.92. The third kappa shape index (κ3) is 2.97. The summed E-state index contributed by atoms with van der Waals surface area (Å²) in [7, 11) is 0. The molecule has 12 heavy (non-hydrogen) atoms. The normalized spacial score (nSPS) is 20.6. The van der Waals surface area contributed by atoms with E-state index in [1.54, 1.807) is 0 Å². The number of carboxylic acid groups (broad SMARTS) is 1. The summed E-state index contributed by atoms with van der Waals surface area (Å²) in [6, 6.07) is 0. The summed E-state index contributed by atoms with van der Waals surface area (Å²) in [5, 5.41) is 8.62. The number of hydrogen-bond donors (Lipinski definition) is 2. The number of rotatable bonds is 1. The van der Waals surface area contributed by atoms with E-state index in [2.05, 4.69) is 11.6 Å². The number of carbonyl (C=O) groups is 1. The number of nitrogens with two attached hydrogens (primary N) is 1. The van der Waals surface area contributed by atoms with Crippen molar-refractivity contribution in [2.24, 2.45) is 5.73 Å². The van der Waals surface area contributed by atoms with Crippen molar-refractivity contribution in [2.75, 3.05) is 19.6 Å². The first-order valence-corrected chi connectivity index (χ1v) is 4.38. The Kier molecular flexibility index (Phi) is 5.20. The fourth-order valence-electron chi connectivity index (χ4n) is 0.950. The largest absolute Gasteiger partial charge is 0.480 e. The minimum atomic E-state index is -1.03. The Bertz CT molecular complexity index is 146. The molecule has 3 N–H and O–H groups in total. The lowest BCUT2D eigenvalue weighted by Crippen LogP contribution is -2.51. The smallest absolute Gasteiger partial charge is 0.323 e. The molecule has 1 aliphatic heterocycles. The molecule has 0 amide bonds. The molecule has 1 rings (SSSR count). The maximum absolute atomic E-state index is 10.5. The number of aliphatic carboxylic acids is 1. The molecule has 1 aliphatic rings. The van der Waals surface area contributed by atoms with E-state index in [0.29, 0.717) is 26.1 Å². The van der Waals surface area contributed by atoms with E-state index in [1.165, 1.54) is 6.38 Å². The Labute approximate surface area is 76.6 Å². The average molecular weight is 196 g/mol. The van der Waals surface area contributed by atoms with Gasteiger partial charge in [-0.1, -0.05) is 0 Å². The first-order valence-electron chi connectivity index (χ1n) is 3.63. The van der Waals surface area contributed by atoms with E-state index in [1.807, 2.05) is 0 Å². The van der Waals surface area contributed by atoms with Gasteiger partial charge in [-0.3, -0.25) is 4.79 Å². The first kappa shape index (κ1) is 11.7. The third-order valence-corrected chi connectivity index (χ3v) is 1.81. The Morgan fingerprint density at radius 1 is 1.50 bits per heavy atom. The van der Waals surface area contributed by atoms with E-state index in [4.69, 9.17) is 15.6 Å². The molecule has 0 bridgehead atoms. The van der Waals surface area contributed by atoms with Crippen molar-refractivity contribution in [2.45, 2.75) is 18.4 Å². The predicted molar refractivity (Wildman–Crippen MR) is 46.4 cm³/mol. The summed E-state index contributed by atoms with van der Waals surface area (Å²) in [6.07, 6.45) is 2.31. The van der Waals surface area contributed by atoms with Crippen molar-refractivity contribution in [3.63, 3.8) is 0 Å². The van der Waals surface area contributed by atoms with Gasteiger partial charge in [-0.2, -0.15) is 0 Å². The highest BCUT2D eigenvalue weighted by atomic mass is 35.5.